The van der Waals surface area contributed by atoms with Crippen LogP contribution in [0.2, 0.25) is 0 Å². The van der Waals surface area contributed by atoms with E-state index in [9.17, 15) is 9.59 Å². The van der Waals surface area contributed by atoms with Gasteiger partial charge in [0.25, 0.3) is 0 Å². The molecule has 1 aliphatic rings. The summed E-state index contributed by atoms with van der Waals surface area (Å²) in [4.78, 5) is 25.1. The van der Waals surface area contributed by atoms with Crippen molar-refractivity contribution in [2.75, 3.05) is 18.0 Å². The van der Waals surface area contributed by atoms with Crippen molar-refractivity contribution in [2.45, 2.75) is 19.9 Å². The van der Waals surface area contributed by atoms with Crippen LogP contribution in [0.5, 0.6) is 0 Å². The van der Waals surface area contributed by atoms with Gasteiger partial charge in [0.2, 0.25) is 11.8 Å². The van der Waals surface area contributed by atoms with E-state index in [-0.39, 0.29) is 24.8 Å². The van der Waals surface area contributed by atoms with Crippen molar-refractivity contribution in [3.8, 4) is 0 Å². The van der Waals surface area contributed by atoms with E-state index in [1.54, 1.807) is 6.07 Å². The molecule has 0 unspecified atom stereocenters. The van der Waals surface area contributed by atoms with E-state index in [1.807, 2.05) is 19.1 Å². The van der Waals surface area contributed by atoms with Gasteiger partial charge in [0.05, 0.1) is 18.7 Å². The predicted molar refractivity (Wildman–Crippen MR) is 69.1 cm³/mol. The highest BCUT2D eigenvalue weighted by atomic mass is 16.2. The highest BCUT2D eigenvalue weighted by Crippen LogP contribution is 2.29. The van der Waals surface area contributed by atoms with Gasteiger partial charge in [0.15, 0.2) is 0 Å². The van der Waals surface area contributed by atoms with E-state index in [1.165, 1.54) is 4.90 Å². The van der Waals surface area contributed by atoms with Crippen molar-refractivity contribution in [1.29, 1.82) is 0 Å². The van der Waals surface area contributed by atoms with Gasteiger partial charge in [-0.2, -0.15) is 0 Å². The standard InChI is InChI=1S/C13H17N3O2/c1-2-15-8-13(18)16-11-4-3-9(7-14)5-10(11)6-12(16)17/h3-5,15H,2,6-8,14H2,1H3. The summed E-state index contributed by atoms with van der Waals surface area (Å²) in [5.74, 6) is -0.372. The quantitative estimate of drug-likeness (QED) is 0.795. The fraction of sp³-hybridized carbons (Fsp3) is 0.385. The molecule has 1 aliphatic heterocycles. The zero-order chi connectivity index (χ0) is 13.1. The van der Waals surface area contributed by atoms with Crippen LogP contribution in [0.25, 0.3) is 0 Å². The first kappa shape index (κ1) is 12.7. The predicted octanol–water partition coefficient (Wildman–Crippen LogP) is 0.171. The smallest absolute Gasteiger partial charge is 0.247 e. The molecule has 0 saturated carbocycles. The van der Waals surface area contributed by atoms with Gasteiger partial charge in [-0.1, -0.05) is 19.1 Å². The third-order valence-corrected chi connectivity index (χ3v) is 2.99. The Morgan fingerprint density at radius 2 is 2.28 bits per heavy atom. The van der Waals surface area contributed by atoms with Gasteiger partial charge in [-0.25, -0.2) is 4.90 Å². The van der Waals surface area contributed by atoms with E-state index >= 15 is 0 Å². The summed E-state index contributed by atoms with van der Waals surface area (Å²) >= 11 is 0. The third-order valence-electron chi connectivity index (χ3n) is 2.99. The first-order valence-corrected chi connectivity index (χ1v) is 6.05. The summed E-state index contributed by atoms with van der Waals surface area (Å²) in [7, 11) is 0. The number of carbonyl (C=O) groups is 2. The average molecular weight is 247 g/mol. The lowest BCUT2D eigenvalue weighted by Crippen LogP contribution is -2.40. The van der Waals surface area contributed by atoms with Crippen LogP contribution in [0, 0.1) is 0 Å². The number of benzene rings is 1. The van der Waals surface area contributed by atoms with Crippen molar-refractivity contribution >= 4 is 17.5 Å². The van der Waals surface area contributed by atoms with Gasteiger partial charge >= 0.3 is 0 Å². The Morgan fingerprint density at radius 3 is 2.94 bits per heavy atom. The van der Waals surface area contributed by atoms with Crippen LogP contribution in [0.15, 0.2) is 18.2 Å². The lowest BCUT2D eigenvalue weighted by molar-refractivity contribution is -0.125. The number of likely N-dealkylation sites (N-methyl/N-ethyl adjacent to an activating group) is 1. The van der Waals surface area contributed by atoms with Crippen LogP contribution in [0.4, 0.5) is 5.69 Å². The number of imide groups is 1. The molecular formula is C13H17N3O2. The monoisotopic (exact) mass is 247 g/mol. The Bertz CT molecular complexity index is 485. The average Bonchev–Trinajstić information content (AvgIpc) is 2.70. The fourth-order valence-electron chi connectivity index (χ4n) is 2.09. The van der Waals surface area contributed by atoms with Gasteiger partial charge in [0.1, 0.15) is 0 Å². The van der Waals surface area contributed by atoms with Crippen LogP contribution < -0.4 is 16.0 Å². The second-order valence-electron chi connectivity index (χ2n) is 4.25. The number of anilines is 1. The summed E-state index contributed by atoms with van der Waals surface area (Å²) < 4.78 is 0. The van der Waals surface area contributed by atoms with Crippen LogP contribution in [0.3, 0.4) is 0 Å². The minimum Gasteiger partial charge on any atom is -0.326 e. The molecule has 18 heavy (non-hydrogen) atoms. The molecule has 0 spiro atoms. The molecule has 0 aliphatic carbocycles. The van der Waals surface area contributed by atoms with E-state index < -0.39 is 0 Å². The second kappa shape index (κ2) is 5.29. The molecule has 5 heteroatoms. The summed E-state index contributed by atoms with van der Waals surface area (Å²) in [5.41, 5.74) is 8.11. The molecule has 0 radical (unpaired) electrons. The van der Waals surface area contributed by atoms with E-state index in [0.29, 0.717) is 18.8 Å². The Balaban J connectivity index is 2.25. The minimum absolute atomic E-state index is 0.165. The van der Waals surface area contributed by atoms with E-state index in [4.69, 9.17) is 5.73 Å². The lowest BCUT2D eigenvalue weighted by atomic mass is 10.1. The molecular weight excluding hydrogens is 230 g/mol. The molecule has 3 N–H and O–H groups in total. The maximum Gasteiger partial charge on any atom is 0.247 e. The highest BCUT2D eigenvalue weighted by Gasteiger charge is 2.31. The van der Waals surface area contributed by atoms with E-state index in [0.717, 1.165) is 11.1 Å². The molecule has 5 nitrogen and oxygen atoms in total. The molecule has 0 aromatic heterocycles. The Labute approximate surface area is 106 Å². The second-order valence-corrected chi connectivity index (χ2v) is 4.25. The summed E-state index contributed by atoms with van der Waals surface area (Å²) in [5, 5.41) is 2.94. The maximum atomic E-state index is 11.9. The number of rotatable bonds is 4. The molecule has 2 rings (SSSR count). The Morgan fingerprint density at radius 1 is 1.50 bits per heavy atom. The zero-order valence-electron chi connectivity index (χ0n) is 10.4. The third kappa shape index (κ3) is 2.27. The van der Waals surface area contributed by atoms with Crippen molar-refractivity contribution in [3.63, 3.8) is 0 Å². The SMILES string of the molecule is CCNCC(=O)N1C(=O)Cc2cc(CN)ccc21. The van der Waals surface area contributed by atoms with Gasteiger partial charge in [-0.15, -0.1) is 0 Å². The molecule has 0 atom stereocenters. The molecule has 0 bridgehead atoms. The van der Waals surface area contributed by atoms with Gasteiger partial charge in [-0.05, 0) is 23.7 Å². The minimum atomic E-state index is -0.207. The number of hydrogen-bond donors (Lipinski definition) is 2. The number of amides is 2. The number of carbonyl (C=O) groups excluding carboxylic acids is 2. The molecule has 1 heterocycles. The van der Waals surface area contributed by atoms with Crippen molar-refractivity contribution < 1.29 is 9.59 Å². The zero-order valence-corrected chi connectivity index (χ0v) is 10.4. The largest absolute Gasteiger partial charge is 0.326 e. The fourth-order valence-corrected chi connectivity index (χ4v) is 2.09. The van der Waals surface area contributed by atoms with Crippen LogP contribution >= 0.6 is 0 Å². The number of nitrogens with one attached hydrogen (secondary N) is 1. The van der Waals surface area contributed by atoms with Crippen molar-refractivity contribution in [1.82, 2.24) is 5.32 Å². The molecule has 1 aromatic rings. The topological polar surface area (TPSA) is 75.4 Å². The van der Waals surface area contributed by atoms with Gasteiger partial charge in [0, 0.05) is 6.54 Å². The highest BCUT2D eigenvalue weighted by molar-refractivity contribution is 6.19. The van der Waals surface area contributed by atoms with Crippen LogP contribution in [-0.4, -0.2) is 24.9 Å². The normalized spacial score (nSPS) is 13.9. The van der Waals surface area contributed by atoms with Crippen LogP contribution in [0.1, 0.15) is 18.1 Å². The Hall–Kier alpha value is -1.72. The molecule has 96 valence electrons. The number of nitrogens with two attached hydrogens (primary N) is 1. The number of fused-ring (bicyclic) bond motifs is 1. The molecule has 2 amide bonds. The Kier molecular flexibility index (Phi) is 3.74. The molecule has 0 saturated heterocycles. The molecule has 1 aromatic carbocycles. The van der Waals surface area contributed by atoms with Crippen molar-refractivity contribution in [3.05, 3.63) is 29.3 Å². The van der Waals surface area contributed by atoms with Gasteiger partial charge in [-0.3, -0.25) is 9.59 Å². The lowest BCUT2D eigenvalue weighted by Gasteiger charge is -2.15. The van der Waals surface area contributed by atoms with Crippen molar-refractivity contribution in [2.24, 2.45) is 5.73 Å². The van der Waals surface area contributed by atoms with Gasteiger partial charge < -0.3 is 11.1 Å². The summed E-state index contributed by atoms with van der Waals surface area (Å²) in [6, 6.07) is 5.55. The summed E-state index contributed by atoms with van der Waals surface area (Å²) in [6.45, 7) is 3.24. The first-order valence-electron chi connectivity index (χ1n) is 6.05. The van der Waals surface area contributed by atoms with E-state index in [2.05, 4.69) is 5.32 Å². The maximum absolute atomic E-state index is 11.9. The summed E-state index contributed by atoms with van der Waals surface area (Å²) in [6.07, 6.45) is 0.279. The van der Waals surface area contributed by atoms with Crippen LogP contribution in [-0.2, 0) is 22.6 Å². The first-order chi connectivity index (χ1) is 8.67. The number of nitrogens with zero attached hydrogens (tertiary/aromatic N) is 1. The number of hydrogen-bond acceptors (Lipinski definition) is 4. The molecule has 0 fully saturated rings.